The summed E-state index contributed by atoms with van der Waals surface area (Å²) in [6, 6.07) is 0. The first-order valence-electron chi connectivity index (χ1n) is 17.3. The van der Waals surface area contributed by atoms with Gasteiger partial charge < -0.3 is 49.1 Å². The van der Waals surface area contributed by atoms with Crippen molar-refractivity contribution in [1.29, 1.82) is 0 Å². The molecule has 1 fully saturated rings. The summed E-state index contributed by atoms with van der Waals surface area (Å²) in [7, 11) is 0. The Balaban J connectivity index is 2.21. The molecule has 1 saturated heterocycles. The molecule has 1 aliphatic rings. The van der Waals surface area contributed by atoms with Crippen molar-refractivity contribution >= 4 is 29.6 Å². The van der Waals surface area contributed by atoms with Crippen LogP contribution in [0.2, 0.25) is 0 Å². The zero-order valence-corrected chi connectivity index (χ0v) is 30.0. The third-order valence-corrected chi connectivity index (χ3v) is 7.40. The van der Waals surface area contributed by atoms with Gasteiger partial charge in [0.15, 0.2) is 0 Å². The number of carboxylic acids is 3. The predicted molar refractivity (Wildman–Crippen MR) is 182 cm³/mol. The number of ketones is 1. The van der Waals surface area contributed by atoms with E-state index in [2.05, 4.69) is 5.32 Å². The third-order valence-electron chi connectivity index (χ3n) is 7.40. The summed E-state index contributed by atoms with van der Waals surface area (Å²) in [4.78, 5) is 64.7. The highest BCUT2D eigenvalue weighted by atomic mass is 16.6. The van der Waals surface area contributed by atoms with Gasteiger partial charge in [-0.2, -0.15) is 0 Å². The molecule has 0 unspecified atom stereocenters. The molecule has 1 rings (SSSR count). The molecule has 51 heavy (non-hydrogen) atoms. The van der Waals surface area contributed by atoms with Gasteiger partial charge in [-0.25, -0.2) is 0 Å². The molecule has 19 heteroatoms. The number of nitrogens with one attached hydrogen (secondary N) is 1. The topological polar surface area (TPSA) is 226 Å². The van der Waals surface area contributed by atoms with E-state index in [4.69, 9.17) is 28.4 Å². The zero-order valence-electron chi connectivity index (χ0n) is 30.0. The summed E-state index contributed by atoms with van der Waals surface area (Å²) in [5.41, 5.74) is 0. The van der Waals surface area contributed by atoms with Crippen molar-refractivity contribution in [2.75, 3.05) is 164 Å². The van der Waals surface area contributed by atoms with E-state index in [0.717, 1.165) is 0 Å². The molecule has 1 aliphatic heterocycles. The highest BCUT2D eigenvalue weighted by Gasteiger charge is 2.21. The fourth-order valence-corrected chi connectivity index (χ4v) is 4.72. The summed E-state index contributed by atoms with van der Waals surface area (Å²) in [5, 5.41) is 30.8. The van der Waals surface area contributed by atoms with Crippen molar-refractivity contribution in [3.8, 4) is 0 Å². The lowest BCUT2D eigenvalue weighted by molar-refractivity contribution is -0.140. The average molecular weight is 738 g/mol. The maximum atomic E-state index is 12.7. The van der Waals surface area contributed by atoms with E-state index < -0.39 is 17.9 Å². The van der Waals surface area contributed by atoms with Crippen molar-refractivity contribution in [1.82, 2.24) is 24.9 Å². The van der Waals surface area contributed by atoms with Crippen LogP contribution in [0.4, 0.5) is 0 Å². The van der Waals surface area contributed by atoms with Crippen LogP contribution in [0.3, 0.4) is 0 Å². The van der Waals surface area contributed by atoms with Gasteiger partial charge in [0.2, 0.25) is 5.91 Å². The van der Waals surface area contributed by atoms with Crippen LogP contribution in [0, 0.1) is 0 Å². The first-order chi connectivity index (χ1) is 24.5. The van der Waals surface area contributed by atoms with E-state index in [1.54, 1.807) is 14.7 Å². The molecule has 1 amide bonds. The van der Waals surface area contributed by atoms with E-state index in [-0.39, 0.29) is 51.0 Å². The Morgan fingerprint density at radius 2 is 0.725 bits per heavy atom. The van der Waals surface area contributed by atoms with Crippen LogP contribution in [0.25, 0.3) is 0 Å². The number of ether oxygens (including phenoxy) is 6. The van der Waals surface area contributed by atoms with Crippen molar-refractivity contribution < 1.29 is 67.7 Å². The maximum absolute atomic E-state index is 12.7. The molecule has 0 atom stereocenters. The Morgan fingerprint density at radius 3 is 1.02 bits per heavy atom. The summed E-state index contributed by atoms with van der Waals surface area (Å²) in [5.74, 6) is -3.18. The Morgan fingerprint density at radius 1 is 0.451 bits per heavy atom. The van der Waals surface area contributed by atoms with Gasteiger partial charge in [-0.1, -0.05) is 0 Å². The number of rotatable bonds is 29. The minimum atomic E-state index is -1.02. The maximum Gasteiger partial charge on any atom is 0.317 e. The second-order valence-corrected chi connectivity index (χ2v) is 11.8. The molecule has 296 valence electrons. The van der Waals surface area contributed by atoms with Crippen LogP contribution < -0.4 is 5.32 Å². The van der Waals surface area contributed by atoms with Crippen LogP contribution in [0.1, 0.15) is 13.3 Å². The Hall–Kier alpha value is -2.85. The monoisotopic (exact) mass is 737 g/mol. The van der Waals surface area contributed by atoms with Crippen molar-refractivity contribution in [2.45, 2.75) is 13.3 Å². The molecule has 0 aromatic heterocycles. The molecule has 0 bridgehead atoms. The molecular weight excluding hydrogens is 678 g/mol. The van der Waals surface area contributed by atoms with E-state index in [1.807, 2.05) is 4.90 Å². The van der Waals surface area contributed by atoms with E-state index >= 15 is 0 Å². The first kappa shape index (κ1) is 46.2. The first-order valence-corrected chi connectivity index (χ1v) is 17.3. The second kappa shape index (κ2) is 30.7. The number of aliphatic carboxylic acids is 3. The van der Waals surface area contributed by atoms with Gasteiger partial charge in [0.25, 0.3) is 0 Å². The Kier molecular flexibility index (Phi) is 27.8. The lowest BCUT2D eigenvalue weighted by Gasteiger charge is -2.32. The van der Waals surface area contributed by atoms with Crippen molar-refractivity contribution in [3.05, 3.63) is 0 Å². The Labute approximate surface area is 300 Å². The van der Waals surface area contributed by atoms with Gasteiger partial charge in [-0.3, -0.25) is 43.6 Å². The highest BCUT2D eigenvalue weighted by Crippen LogP contribution is 2.02. The number of amides is 1. The Bertz CT molecular complexity index is 947. The van der Waals surface area contributed by atoms with Gasteiger partial charge >= 0.3 is 17.9 Å². The molecule has 1 heterocycles. The van der Waals surface area contributed by atoms with Gasteiger partial charge in [0, 0.05) is 65.3 Å². The van der Waals surface area contributed by atoms with Gasteiger partial charge in [-0.05, 0) is 6.92 Å². The molecule has 0 saturated carbocycles. The van der Waals surface area contributed by atoms with Gasteiger partial charge in [-0.15, -0.1) is 0 Å². The molecule has 0 aromatic rings. The van der Waals surface area contributed by atoms with Crippen molar-refractivity contribution in [2.24, 2.45) is 0 Å². The van der Waals surface area contributed by atoms with Crippen LogP contribution >= 0.6 is 0 Å². The SMILES string of the molecule is CC(=O)CCOCCOCCOCCOCCOCCOCCNC(=O)CN1CCN(CC(=O)O)CCN(CC(=O)O)CCN(CC(=O)O)CC1. The summed E-state index contributed by atoms with van der Waals surface area (Å²) < 4.78 is 32.5. The molecular formula is C32H59N5O14. The van der Waals surface area contributed by atoms with E-state index in [0.29, 0.717) is 131 Å². The molecule has 0 aromatic carbocycles. The number of carboxylic acid groups (broad SMARTS) is 3. The zero-order chi connectivity index (χ0) is 37.5. The predicted octanol–water partition coefficient (Wildman–Crippen LogP) is -2.34. The van der Waals surface area contributed by atoms with Gasteiger partial charge in [0.1, 0.15) is 5.78 Å². The average Bonchev–Trinajstić information content (AvgIpc) is 3.05. The highest BCUT2D eigenvalue weighted by molar-refractivity contribution is 5.78. The second-order valence-electron chi connectivity index (χ2n) is 11.8. The minimum Gasteiger partial charge on any atom is -0.480 e. The van der Waals surface area contributed by atoms with Gasteiger partial charge in [0.05, 0.1) is 105 Å². The van der Waals surface area contributed by atoms with Crippen LogP contribution in [0.15, 0.2) is 0 Å². The number of hydrogen-bond donors (Lipinski definition) is 4. The van der Waals surface area contributed by atoms with Crippen molar-refractivity contribution in [3.63, 3.8) is 0 Å². The molecule has 19 nitrogen and oxygen atoms in total. The number of Topliss-reactive ketones (excluding diaryl/α,β-unsaturated/α-hetero) is 1. The minimum absolute atomic E-state index is 0.0361. The quantitative estimate of drug-likeness (QED) is 0.0590. The third kappa shape index (κ3) is 29.4. The largest absolute Gasteiger partial charge is 0.480 e. The van der Waals surface area contributed by atoms with Crippen LogP contribution in [-0.2, 0) is 52.4 Å². The number of hydrogen-bond acceptors (Lipinski definition) is 15. The lowest BCUT2D eigenvalue weighted by Crippen LogP contribution is -2.50. The van der Waals surface area contributed by atoms with Crippen LogP contribution in [-0.4, -0.2) is 229 Å². The van der Waals surface area contributed by atoms with E-state index in [1.165, 1.54) is 6.92 Å². The summed E-state index contributed by atoms with van der Waals surface area (Å²) >= 11 is 0. The number of carbonyl (C=O) groups excluding carboxylic acids is 2. The fraction of sp³-hybridized carbons (Fsp3) is 0.844. The molecule has 0 aliphatic carbocycles. The summed E-state index contributed by atoms with van der Waals surface area (Å²) in [6.45, 7) is 8.63. The molecule has 0 spiro atoms. The summed E-state index contributed by atoms with van der Waals surface area (Å²) in [6.07, 6.45) is 0.412. The van der Waals surface area contributed by atoms with E-state index in [9.17, 15) is 39.3 Å². The fourth-order valence-electron chi connectivity index (χ4n) is 4.72. The molecule has 0 radical (unpaired) electrons. The number of nitrogens with zero attached hydrogens (tertiary/aromatic N) is 4. The number of carbonyl (C=O) groups is 5. The molecule has 4 N–H and O–H groups in total. The normalized spacial score (nSPS) is 15.9. The van der Waals surface area contributed by atoms with Crippen LogP contribution in [0.5, 0.6) is 0 Å². The lowest BCUT2D eigenvalue weighted by atomic mass is 10.3. The standard InChI is InChI=1S/C32H59N5O14/c1-28(38)2-12-46-14-16-48-18-20-50-22-23-51-21-19-49-17-15-47-13-3-33-29(39)24-34-4-6-35(25-30(40)41)8-10-37(27-32(44)45)11-9-36(7-5-34)26-31(42)43/h2-27H2,1H3,(H,33,39)(H,40,41)(H,42,43)(H,44,45). The smallest absolute Gasteiger partial charge is 0.317 e.